The lowest BCUT2D eigenvalue weighted by Crippen LogP contribution is -2.31. The van der Waals surface area contributed by atoms with Crippen LogP contribution in [0.2, 0.25) is 0 Å². The molecule has 0 aliphatic heterocycles. The van der Waals surface area contributed by atoms with Gasteiger partial charge in [0.25, 0.3) is 0 Å². The van der Waals surface area contributed by atoms with E-state index in [0.717, 1.165) is 12.1 Å². The van der Waals surface area contributed by atoms with E-state index < -0.39 is 93.6 Å². The fourth-order valence-electron chi connectivity index (χ4n) is 5.72. The Morgan fingerprint density at radius 3 is 2.26 bits per heavy atom. The lowest BCUT2D eigenvalue weighted by atomic mass is 9.68. The van der Waals surface area contributed by atoms with Gasteiger partial charge in [-0.2, -0.15) is 0 Å². The SMILES string of the molecule is [2H]C([2H])([2H])C([2H])(c1cc[n+](C)c(-c2c(C)ccc3c2oc2c4c(ccc23)C(C([2H])([2H])C([2H])(C([2H])([2H])[2H])C([2H])([2H])[2H])(C([2H])([2H])C([2H])(C([2H])([2H])[2H])C([2H])([2H])[2H])c2ccccc2-4)c1)C([2H])([2H])[2H]. The smallest absolute Gasteiger partial charge is 0.216 e. The van der Waals surface area contributed by atoms with E-state index in [1.54, 1.807) is 26.1 Å². The molecule has 2 heteroatoms. The largest absolute Gasteiger partial charge is 0.454 e. The molecule has 0 N–H and O–H groups in total. The normalized spacial score (nSPS) is 27.2. The van der Waals surface area contributed by atoms with E-state index in [9.17, 15) is 8.22 Å². The van der Waals surface area contributed by atoms with Crippen molar-refractivity contribution in [3.63, 3.8) is 0 Å². The summed E-state index contributed by atoms with van der Waals surface area (Å²) in [4.78, 5) is 0. The number of pyridine rings is 1. The van der Waals surface area contributed by atoms with Crippen molar-refractivity contribution in [1.82, 2.24) is 0 Å². The summed E-state index contributed by atoms with van der Waals surface area (Å²) < 4.78 is 223. The molecule has 0 amide bonds. The first kappa shape index (κ1) is 9.91. The first-order chi connectivity index (χ1) is 28.6. The Balaban J connectivity index is 1.86. The standard InChI is InChI=1S/C37H42NO/c1-22(2)20-37(21-23(3)4)30-12-10-9-11-29(30)34-31(37)16-15-28-27-14-13-25(7)33(35(27)39-36(28)34)32-19-26(24(5)6)17-18-38(32)8/h9-19,22-24H,20-21H2,1-8H3/q+1/i1D3,2D3,3D3,4D3,5D3,6D3,20D2,21D2,22D,23D,24D. The highest BCUT2D eigenvalue weighted by Gasteiger charge is 2.45. The van der Waals surface area contributed by atoms with E-state index in [1.165, 1.54) is 47.2 Å². The lowest BCUT2D eigenvalue weighted by molar-refractivity contribution is -0.660. The van der Waals surface area contributed by atoms with Crippen LogP contribution in [0.5, 0.6) is 0 Å². The summed E-state index contributed by atoms with van der Waals surface area (Å²) in [5.74, 6) is -11.9. The highest BCUT2D eigenvalue weighted by molar-refractivity contribution is 6.14. The van der Waals surface area contributed by atoms with Gasteiger partial charge in [-0.1, -0.05) is 89.6 Å². The molecular formula is C37H42NO+. The van der Waals surface area contributed by atoms with Crippen LogP contribution in [-0.2, 0) is 12.5 Å². The average Bonchev–Trinajstić information content (AvgIpc) is 3.65. The molecule has 0 bridgehead atoms. The van der Waals surface area contributed by atoms with Gasteiger partial charge in [-0.3, -0.25) is 0 Å². The molecule has 0 unspecified atom stereocenters. The molecule has 0 saturated heterocycles. The van der Waals surface area contributed by atoms with Crippen molar-refractivity contribution in [1.29, 1.82) is 0 Å². The molecule has 0 spiro atoms. The molecule has 0 atom stereocenters. The van der Waals surface area contributed by atoms with Gasteiger partial charge in [-0.25, -0.2) is 4.57 Å². The maximum atomic E-state index is 9.75. The number of hydrogen-bond donors (Lipinski definition) is 0. The van der Waals surface area contributed by atoms with Gasteiger partial charge in [-0.15, -0.1) is 0 Å². The zero-order valence-electron chi connectivity index (χ0n) is 46.2. The van der Waals surface area contributed by atoms with Gasteiger partial charge in [-0.05, 0) is 65.2 Å². The maximum absolute atomic E-state index is 9.75. The second-order valence-corrected chi connectivity index (χ2v) is 9.68. The van der Waals surface area contributed by atoms with Crippen LogP contribution >= 0.6 is 0 Å². The molecule has 0 fully saturated rings. The molecule has 200 valence electrons. The van der Waals surface area contributed by atoms with Crippen molar-refractivity contribution in [2.75, 3.05) is 0 Å². The Bertz CT molecular complexity index is 2580. The zero-order valence-corrected chi connectivity index (χ0v) is 21.2. The summed E-state index contributed by atoms with van der Waals surface area (Å²) >= 11 is 0. The van der Waals surface area contributed by atoms with E-state index >= 15 is 0 Å². The van der Waals surface area contributed by atoms with Crippen LogP contribution in [0, 0.1) is 18.7 Å². The minimum absolute atomic E-state index is 0.00939. The van der Waals surface area contributed by atoms with Crippen LogP contribution in [-0.4, -0.2) is 0 Å². The number of nitrogens with zero attached hydrogens (tertiary/aromatic N) is 1. The van der Waals surface area contributed by atoms with Gasteiger partial charge in [0.05, 0.1) is 5.56 Å². The molecule has 0 radical (unpaired) electrons. The number of rotatable bonds is 6. The van der Waals surface area contributed by atoms with E-state index in [1.807, 2.05) is 0 Å². The number of hydrogen-bond acceptors (Lipinski definition) is 1. The Labute approximate surface area is 268 Å². The van der Waals surface area contributed by atoms with Gasteiger partial charge >= 0.3 is 0 Å². The minimum atomic E-state index is -4.37. The van der Waals surface area contributed by atoms with E-state index in [2.05, 4.69) is 0 Å². The van der Waals surface area contributed by atoms with Crippen LogP contribution in [0.4, 0.5) is 0 Å². The Hall–Kier alpha value is -3.39. The molecular weight excluding hydrogens is 474 g/mol. The Morgan fingerprint density at radius 2 is 1.54 bits per heavy atom. The van der Waals surface area contributed by atoms with Gasteiger partial charge in [0, 0.05) is 68.2 Å². The molecule has 1 aliphatic carbocycles. The van der Waals surface area contributed by atoms with E-state index in [0.29, 0.717) is 5.56 Å². The number of aryl methyl sites for hydroxylation is 2. The molecule has 5 aromatic rings. The average molecular weight is 542 g/mol. The Morgan fingerprint density at radius 1 is 0.846 bits per heavy atom. The third-order valence-electron chi connectivity index (χ3n) is 7.34. The quantitative estimate of drug-likeness (QED) is 0.195. The monoisotopic (exact) mass is 541 g/mol. The number of fused-ring (bicyclic) bond motifs is 7. The number of benzene rings is 3. The summed E-state index contributed by atoms with van der Waals surface area (Å²) in [6, 6.07) is 12.8. The van der Waals surface area contributed by atoms with Crippen molar-refractivity contribution >= 4 is 21.9 Å². The van der Waals surface area contributed by atoms with Crippen molar-refractivity contribution < 1.29 is 43.3 Å². The molecule has 2 heterocycles. The van der Waals surface area contributed by atoms with Gasteiger partial charge < -0.3 is 4.42 Å². The number of aromatic nitrogens is 1. The molecule has 39 heavy (non-hydrogen) atoms. The predicted octanol–water partition coefficient (Wildman–Crippen LogP) is 9.87. The number of furan rings is 1. The van der Waals surface area contributed by atoms with Gasteiger partial charge in [0.2, 0.25) is 5.69 Å². The molecule has 2 aromatic heterocycles. The molecule has 0 saturated carbocycles. The molecule has 2 nitrogen and oxygen atoms in total. The zero-order chi connectivity index (χ0) is 49.0. The van der Waals surface area contributed by atoms with Crippen molar-refractivity contribution in [2.24, 2.45) is 18.8 Å². The summed E-state index contributed by atoms with van der Waals surface area (Å²) in [6.07, 6.45) is -7.38. The first-order valence-electron chi connectivity index (χ1n) is 24.7. The first-order valence-corrected chi connectivity index (χ1v) is 12.2. The Kier molecular flexibility index (Phi) is 2.38. The van der Waals surface area contributed by atoms with E-state index in [4.69, 9.17) is 30.5 Å². The van der Waals surface area contributed by atoms with Gasteiger partial charge in [0.1, 0.15) is 18.2 Å². The van der Waals surface area contributed by atoms with Crippen LogP contribution in [0.3, 0.4) is 0 Å². The highest BCUT2D eigenvalue weighted by Crippen LogP contribution is 2.57. The van der Waals surface area contributed by atoms with Crippen molar-refractivity contribution in [3.05, 3.63) is 89.1 Å². The van der Waals surface area contributed by atoms with Crippen molar-refractivity contribution in [2.45, 2.75) is 72.1 Å². The van der Waals surface area contributed by atoms with Crippen LogP contribution in [0.15, 0.2) is 71.3 Å². The summed E-state index contributed by atoms with van der Waals surface area (Å²) in [6.45, 7) is -21.7. The molecule has 1 aliphatic rings. The predicted molar refractivity (Wildman–Crippen MR) is 164 cm³/mol. The van der Waals surface area contributed by atoms with Crippen LogP contribution < -0.4 is 4.57 Å². The summed E-state index contributed by atoms with van der Waals surface area (Å²) in [7, 11) is 1.55. The molecule has 6 rings (SSSR count). The fraction of sp³-hybridized carbons (Fsp3) is 0.378. The highest BCUT2D eigenvalue weighted by atomic mass is 16.3. The van der Waals surface area contributed by atoms with E-state index in [-0.39, 0.29) is 44.3 Å². The van der Waals surface area contributed by atoms with Crippen LogP contribution in [0.25, 0.3) is 44.3 Å². The summed E-state index contributed by atoms with van der Waals surface area (Å²) in [5.41, 5.74) is -5.45. The summed E-state index contributed by atoms with van der Waals surface area (Å²) in [5, 5.41) is 0.473. The second-order valence-electron chi connectivity index (χ2n) is 9.68. The van der Waals surface area contributed by atoms with Crippen LogP contribution in [0.1, 0.15) is 116 Å². The third kappa shape index (κ3) is 3.94. The van der Waals surface area contributed by atoms with Gasteiger partial charge in [0.15, 0.2) is 6.20 Å². The maximum Gasteiger partial charge on any atom is 0.216 e. The topological polar surface area (TPSA) is 17.0 Å². The minimum Gasteiger partial charge on any atom is -0.454 e. The second kappa shape index (κ2) is 9.37. The fourth-order valence-corrected chi connectivity index (χ4v) is 5.72. The molecule has 3 aromatic carbocycles. The lowest BCUT2D eigenvalue weighted by Gasteiger charge is -2.35. The van der Waals surface area contributed by atoms with Crippen molar-refractivity contribution in [3.8, 4) is 22.4 Å². The third-order valence-corrected chi connectivity index (χ3v) is 7.34.